The molecule has 0 spiro atoms. The van der Waals surface area contributed by atoms with Crippen LogP contribution in [-0.4, -0.2) is 67.4 Å². The van der Waals surface area contributed by atoms with E-state index in [4.69, 9.17) is 0 Å². The number of hydrogen-bond donors (Lipinski definition) is 0. The number of rotatable bonds is 6. The Balaban J connectivity index is 1.74. The lowest BCUT2D eigenvalue weighted by atomic mass is 9.96. The molecule has 3 rings (SSSR count). The molecule has 148 valence electrons. The molecule has 27 heavy (non-hydrogen) atoms. The van der Waals surface area contributed by atoms with Crippen molar-refractivity contribution in [3.63, 3.8) is 0 Å². The van der Waals surface area contributed by atoms with Gasteiger partial charge in [-0.05, 0) is 40.3 Å². The Bertz CT molecular complexity index is 792. The number of nitrogens with zero attached hydrogens (tertiary/aromatic N) is 7. The Morgan fingerprint density at radius 1 is 1.33 bits per heavy atom. The zero-order valence-electron chi connectivity index (χ0n) is 17.1. The van der Waals surface area contributed by atoms with Crippen molar-refractivity contribution in [1.29, 1.82) is 0 Å². The number of hydrogen-bond acceptors (Lipinski definition) is 5. The molecule has 0 saturated carbocycles. The van der Waals surface area contributed by atoms with Crippen LogP contribution in [0.4, 0.5) is 0 Å². The van der Waals surface area contributed by atoms with Crippen molar-refractivity contribution in [3.05, 3.63) is 29.1 Å². The largest absolute Gasteiger partial charge is 0.338 e. The van der Waals surface area contributed by atoms with Crippen LogP contribution in [0.2, 0.25) is 0 Å². The first-order chi connectivity index (χ1) is 12.9. The van der Waals surface area contributed by atoms with Gasteiger partial charge in [-0.25, -0.2) is 0 Å². The first-order valence-electron chi connectivity index (χ1n) is 9.77. The molecule has 1 saturated heterocycles. The van der Waals surface area contributed by atoms with Crippen LogP contribution in [0.3, 0.4) is 0 Å². The number of carbonyl (C=O) groups is 1. The number of amides is 1. The molecule has 0 bridgehead atoms. The molecule has 1 aliphatic heterocycles. The van der Waals surface area contributed by atoms with E-state index < -0.39 is 0 Å². The topological polar surface area (TPSA) is 72.1 Å². The molecule has 1 amide bonds. The van der Waals surface area contributed by atoms with E-state index in [1.807, 2.05) is 37.6 Å². The van der Waals surface area contributed by atoms with E-state index in [0.717, 1.165) is 61.8 Å². The van der Waals surface area contributed by atoms with Crippen LogP contribution in [0.25, 0.3) is 0 Å². The highest BCUT2D eigenvalue weighted by molar-refractivity contribution is 5.95. The Morgan fingerprint density at radius 3 is 2.81 bits per heavy atom. The average molecular weight is 374 g/mol. The molecule has 3 heterocycles. The van der Waals surface area contributed by atoms with Gasteiger partial charge in [-0.1, -0.05) is 6.92 Å². The minimum Gasteiger partial charge on any atom is -0.338 e. The van der Waals surface area contributed by atoms with Gasteiger partial charge < -0.3 is 14.4 Å². The van der Waals surface area contributed by atoms with E-state index in [1.54, 1.807) is 6.20 Å². The number of piperidine rings is 1. The monoisotopic (exact) mass is 373 g/mol. The van der Waals surface area contributed by atoms with Gasteiger partial charge in [0.15, 0.2) is 0 Å². The first kappa shape index (κ1) is 19.5. The second-order valence-electron chi connectivity index (χ2n) is 7.73. The third-order valence-corrected chi connectivity index (χ3v) is 5.30. The van der Waals surface area contributed by atoms with Gasteiger partial charge in [0.2, 0.25) is 0 Å². The highest BCUT2D eigenvalue weighted by Gasteiger charge is 2.30. The van der Waals surface area contributed by atoms with Gasteiger partial charge in [0.1, 0.15) is 11.6 Å². The Morgan fingerprint density at radius 2 is 2.11 bits per heavy atom. The molecule has 2 aromatic rings. The SMILES string of the molecule is CCCn1ncc(C(=O)N2CCC[C@H](c3nnc(CN(C)C)n3C)C2)c1C. The van der Waals surface area contributed by atoms with Crippen molar-refractivity contribution >= 4 is 5.91 Å². The van der Waals surface area contributed by atoms with E-state index in [2.05, 4.69) is 31.7 Å². The predicted octanol–water partition coefficient (Wildman–Crippen LogP) is 1.81. The van der Waals surface area contributed by atoms with Gasteiger partial charge in [0, 0.05) is 38.3 Å². The van der Waals surface area contributed by atoms with Crippen molar-refractivity contribution in [2.75, 3.05) is 27.2 Å². The molecule has 8 heteroatoms. The fourth-order valence-electron chi connectivity index (χ4n) is 3.79. The maximum Gasteiger partial charge on any atom is 0.257 e. The molecule has 0 aromatic carbocycles. The fraction of sp³-hybridized carbons (Fsp3) is 0.684. The normalized spacial score (nSPS) is 17.7. The van der Waals surface area contributed by atoms with Gasteiger partial charge in [0.05, 0.1) is 18.3 Å². The summed E-state index contributed by atoms with van der Waals surface area (Å²) in [7, 11) is 6.07. The number of likely N-dealkylation sites (tertiary alicyclic amines) is 1. The summed E-state index contributed by atoms with van der Waals surface area (Å²) in [5.74, 6) is 2.23. The molecule has 0 radical (unpaired) electrons. The van der Waals surface area contributed by atoms with Crippen LogP contribution in [0.5, 0.6) is 0 Å². The standard InChI is InChI=1S/C19H31N7O/c1-6-9-26-14(2)16(11-20-26)19(27)25-10-7-8-15(12-25)18-22-21-17(24(18)5)13-23(3)4/h11,15H,6-10,12-13H2,1-5H3/t15-/m0/s1. The van der Waals surface area contributed by atoms with Crippen molar-refractivity contribution < 1.29 is 4.79 Å². The lowest BCUT2D eigenvalue weighted by Crippen LogP contribution is -2.40. The second-order valence-corrected chi connectivity index (χ2v) is 7.73. The summed E-state index contributed by atoms with van der Waals surface area (Å²) in [6.07, 6.45) is 4.73. The van der Waals surface area contributed by atoms with Crippen LogP contribution in [0, 0.1) is 6.92 Å². The summed E-state index contributed by atoms with van der Waals surface area (Å²) >= 11 is 0. The number of carbonyl (C=O) groups excluding carboxylic acids is 1. The van der Waals surface area contributed by atoms with E-state index in [9.17, 15) is 4.79 Å². The predicted molar refractivity (Wildman–Crippen MR) is 104 cm³/mol. The van der Waals surface area contributed by atoms with Gasteiger partial charge >= 0.3 is 0 Å². The van der Waals surface area contributed by atoms with Gasteiger partial charge in [-0.3, -0.25) is 9.48 Å². The maximum absolute atomic E-state index is 13.1. The van der Waals surface area contributed by atoms with Crippen molar-refractivity contribution in [1.82, 2.24) is 34.3 Å². The number of aromatic nitrogens is 5. The van der Waals surface area contributed by atoms with E-state index >= 15 is 0 Å². The summed E-state index contributed by atoms with van der Waals surface area (Å²) in [5, 5.41) is 13.2. The van der Waals surface area contributed by atoms with Crippen LogP contribution in [-0.2, 0) is 20.1 Å². The van der Waals surface area contributed by atoms with Crippen LogP contribution in [0.15, 0.2) is 6.20 Å². The summed E-state index contributed by atoms with van der Waals surface area (Å²) < 4.78 is 4.01. The van der Waals surface area contributed by atoms with Gasteiger partial charge in [0.25, 0.3) is 5.91 Å². The smallest absolute Gasteiger partial charge is 0.257 e. The molecule has 0 unspecified atom stereocenters. The van der Waals surface area contributed by atoms with Crippen molar-refractivity contribution in [2.24, 2.45) is 7.05 Å². The van der Waals surface area contributed by atoms with Crippen LogP contribution >= 0.6 is 0 Å². The van der Waals surface area contributed by atoms with Gasteiger partial charge in [-0.2, -0.15) is 5.10 Å². The summed E-state index contributed by atoms with van der Waals surface area (Å²) in [6.45, 7) is 7.17. The molecule has 8 nitrogen and oxygen atoms in total. The quantitative estimate of drug-likeness (QED) is 0.772. The van der Waals surface area contributed by atoms with Crippen LogP contribution in [0.1, 0.15) is 59.8 Å². The lowest BCUT2D eigenvalue weighted by molar-refractivity contribution is 0.0702. The van der Waals surface area contributed by atoms with Crippen molar-refractivity contribution in [3.8, 4) is 0 Å². The Kier molecular flexibility index (Phi) is 5.94. The van der Waals surface area contributed by atoms with Crippen molar-refractivity contribution in [2.45, 2.75) is 52.1 Å². The second kappa shape index (κ2) is 8.21. The first-order valence-corrected chi connectivity index (χ1v) is 9.77. The zero-order valence-corrected chi connectivity index (χ0v) is 17.1. The van der Waals surface area contributed by atoms with E-state index in [1.165, 1.54) is 0 Å². The molecule has 1 fully saturated rings. The minimum absolute atomic E-state index is 0.0789. The third kappa shape index (κ3) is 4.05. The molecule has 0 N–H and O–H groups in total. The molecule has 0 aliphatic carbocycles. The zero-order chi connectivity index (χ0) is 19.6. The average Bonchev–Trinajstić information content (AvgIpc) is 3.18. The molecular formula is C19H31N7O. The molecule has 1 atom stereocenters. The highest BCUT2D eigenvalue weighted by atomic mass is 16.2. The van der Waals surface area contributed by atoms with E-state index in [0.29, 0.717) is 6.54 Å². The summed E-state index contributed by atoms with van der Waals surface area (Å²) in [5.41, 5.74) is 1.67. The lowest BCUT2D eigenvalue weighted by Gasteiger charge is -2.32. The third-order valence-electron chi connectivity index (χ3n) is 5.30. The maximum atomic E-state index is 13.1. The fourth-order valence-corrected chi connectivity index (χ4v) is 3.79. The Labute approximate surface area is 161 Å². The summed E-state index contributed by atoms with van der Waals surface area (Å²) in [4.78, 5) is 17.1. The highest BCUT2D eigenvalue weighted by Crippen LogP contribution is 2.27. The summed E-state index contributed by atoms with van der Waals surface area (Å²) in [6, 6.07) is 0. The molecule has 2 aromatic heterocycles. The van der Waals surface area contributed by atoms with Gasteiger partial charge in [-0.15, -0.1) is 10.2 Å². The van der Waals surface area contributed by atoms with Crippen LogP contribution < -0.4 is 0 Å². The number of aryl methyl sites for hydroxylation is 1. The minimum atomic E-state index is 0.0789. The molecular weight excluding hydrogens is 342 g/mol. The van der Waals surface area contributed by atoms with E-state index in [-0.39, 0.29) is 11.8 Å². The molecule has 1 aliphatic rings. The Hall–Kier alpha value is -2.22.